The first kappa shape index (κ1) is 32.3. The summed E-state index contributed by atoms with van der Waals surface area (Å²) >= 11 is 0. The third-order valence-corrected chi connectivity index (χ3v) is 7.36. The summed E-state index contributed by atoms with van der Waals surface area (Å²) in [6.45, 7) is 8.05. The number of benzene rings is 1. The van der Waals surface area contributed by atoms with Crippen LogP contribution in [0.15, 0.2) is 55.6 Å². The summed E-state index contributed by atoms with van der Waals surface area (Å²) < 4.78 is 5.58. The van der Waals surface area contributed by atoms with Gasteiger partial charge in [-0.2, -0.15) is 0 Å². The number of hydrogen-bond donors (Lipinski definition) is 2. The zero-order valence-electron chi connectivity index (χ0n) is 23.5. The maximum Gasteiger partial charge on any atom is 0.305 e. The second kappa shape index (κ2) is 19.2. The minimum Gasteiger partial charge on any atom is -0.463 e. The molecule has 1 aromatic carbocycles. The van der Waals surface area contributed by atoms with E-state index in [1.807, 2.05) is 36.4 Å². The number of carbonyl (C=O) groups is 3. The lowest BCUT2D eigenvalue weighted by Crippen LogP contribution is -2.44. The Morgan fingerprint density at radius 2 is 1.82 bits per heavy atom. The number of allylic oxidation sites excluding steroid dienone is 2. The van der Waals surface area contributed by atoms with Gasteiger partial charge in [0.25, 0.3) is 0 Å². The molecule has 2 atom stereocenters. The van der Waals surface area contributed by atoms with Gasteiger partial charge in [0, 0.05) is 25.9 Å². The van der Waals surface area contributed by atoms with Gasteiger partial charge in [-0.25, -0.2) is 0 Å². The van der Waals surface area contributed by atoms with Crippen molar-refractivity contribution in [2.45, 2.75) is 89.6 Å². The molecule has 0 unspecified atom stereocenters. The topological polar surface area (TPSA) is 95.9 Å². The predicted octanol–water partition coefficient (Wildman–Crippen LogP) is 5.33. The van der Waals surface area contributed by atoms with Gasteiger partial charge in [0.2, 0.25) is 11.8 Å². The van der Waals surface area contributed by atoms with E-state index in [1.54, 1.807) is 11.0 Å². The summed E-state index contributed by atoms with van der Waals surface area (Å²) in [7, 11) is 0. The molecular weight excluding hydrogens is 492 g/mol. The molecule has 0 heterocycles. The first-order valence-electron chi connectivity index (χ1n) is 14.6. The van der Waals surface area contributed by atoms with Crippen molar-refractivity contribution in [2.24, 2.45) is 11.8 Å². The highest BCUT2D eigenvalue weighted by molar-refractivity contribution is 5.86. The van der Waals surface area contributed by atoms with Crippen LogP contribution >= 0.6 is 0 Å². The Labute approximate surface area is 234 Å². The highest BCUT2D eigenvalue weighted by atomic mass is 16.5. The molecule has 0 radical (unpaired) electrons. The van der Waals surface area contributed by atoms with Gasteiger partial charge in [0.1, 0.15) is 6.61 Å². The largest absolute Gasteiger partial charge is 0.463 e. The van der Waals surface area contributed by atoms with E-state index in [-0.39, 0.29) is 50.0 Å². The highest BCUT2D eigenvalue weighted by Crippen LogP contribution is 2.28. The quantitative estimate of drug-likeness (QED) is 0.140. The Hall–Kier alpha value is -2.93. The molecule has 39 heavy (non-hydrogen) atoms. The summed E-state index contributed by atoms with van der Waals surface area (Å²) in [6, 6.07) is 9.30. The van der Waals surface area contributed by atoms with Crippen LogP contribution < -0.4 is 5.32 Å². The summed E-state index contributed by atoms with van der Waals surface area (Å²) in [6.07, 6.45) is 13.4. The van der Waals surface area contributed by atoms with E-state index in [9.17, 15) is 19.5 Å². The molecule has 2 rings (SSSR count). The van der Waals surface area contributed by atoms with Crippen molar-refractivity contribution in [1.29, 1.82) is 0 Å². The number of unbranched alkanes of at least 4 members (excludes halogenated alkanes) is 2. The standard InChI is InChI=1S/C32H48N2O5/c1-3-5-6-13-19-31(37)39-25-29(22-26-15-9-7-10-16-26)33-32(38)28(14-4-2)23-30(36)34(20-21-35)24-27-17-11-8-12-18-27/h3-4,8,11-12,17-18,26,28-29,35H,1-2,5-7,9-10,13-16,19-25H2,(H,33,38)/t28-,29+/m1/s1. The maximum atomic E-state index is 13.4. The van der Waals surface area contributed by atoms with Crippen molar-refractivity contribution >= 4 is 17.8 Å². The van der Waals surface area contributed by atoms with E-state index in [0.717, 1.165) is 44.1 Å². The van der Waals surface area contributed by atoms with E-state index in [4.69, 9.17) is 4.74 Å². The van der Waals surface area contributed by atoms with Crippen LogP contribution in [0.1, 0.15) is 82.6 Å². The van der Waals surface area contributed by atoms with E-state index in [0.29, 0.717) is 25.3 Å². The average molecular weight is 541 g/mol. The molecule has 1 aliphatic carbocycles. The van der Waals surface area contributed by atoms with Crippen LogP contribution in [0, 0.1) is 11.8 Å². The van der Waals surface area contributed by atoms with E-state index in [1.165, 1.54) is 19.3 Å². The van der Waals surface area contributed by atoms with Crippen LogP contribution in [-0.2, 0) is 25.7 Å². The second-order valence-corrected chi connectivity index (χ2v) is 10.6. The number of amides is 2. The van der Waals surface area contributed by atoms with Gasteiger partial charge >= 0.3 is 5.97 Å². The molecule has 7 nitrogen and oxygen atoms in total. The van der Waals surface area contributed by atoms with Crippen LogP contribution in [0.4, 0.5) is 0 Å². The Kier molecular flexibility index (Phi) is 15.9. The number of nitrogens with zero attached hydrogens (tertiary/aromatic N) is 1. The zero-order chi connectivity index (χ0) is 28.3. The van der Waals surface area contributed by atoms with Crippen LogP contribution in [0.25, 0.3) is 0 Å². The van der Waals surface area contributed by atoms with Gasteiger partial charge in [-0.3, -0.25) is 14.4 Å². The van der Waals surface area contributed by atoms with Crippen LogP contribution in [0.3, 0.4) is 0 Å². The van der Waals surface area contributed by atoms with E-state index >= 15 is 0 Å². The number of hydrogen-bond acceptors (Lipinski definition) is 5. The Morgan fingerprint density at radius 3 is 2.49 bits per heavy atom. The molecule has 2 N–H and O–H groups in total. The zero-order valence-corrected chi connectivity index (χ0v) is 23.5. The van der Waals surface area contributed by atoms with Crippen LogP contribution in [0.2, 0.25) is 0 Å². The fourth-order valence-electron chi connectivity index (χ4n) is 5.18. The summed E-state index contributed by atoms with van der Waals surface area (Å²) in [5, 5.41) is 12.6. The fourth-order valence-corrected chi connectivity index (χ4v) is 5.18. The van der Waals surface area contributed by atoms with Crippen molar-refractivity contribution in [3.8, 4) is 0 Å². The third-order valence-electron chi connectivity index (χ3n) is 7.36. The molecular formula is C32H48N2O5. The monoisotopic (exact) mass is 540 g/mol. The number of aliphatic hydroxyl groups is 1. The molecule has 216 valence electrons. The number of nitrogens with one attached hydrogen (secondary N) is 1. The maximum absolute atomic E-state index is 13.4. The van der Waals surface area contributed by atoms with Gasteiger partial charge in [-0.15, -0.1) is 13.2 Å². The van der Waals surface area contributed by atoms with Gasteiger partial charge < -0.3 is 20.1 Å². The molecule has 1 aliphatic rings. The summed E-state index contributed by atoms with van der Waals surface area (Å²) in [5.41, 5.74) is 0.961. The minimum atomic E-state index is -0.588. The Morgan fingerprint density at radius 1 is 1.08 bits per heavy atom. The lowest BCUT2D eigenvalue weighted by atomic mass is 9.84. The first-order valence-corrected chi connectivity index (χ1v) is 14.6. The number of rotatable bonds is 19. The molecule has 1 fully saturated rings. The smallest absolute Gasteiger partial charge is 0.305 e. The molecule has 0 saturated heterocycles. The van der Waals surface area contributed by atoms with Crippen molar-refractivity contribution < 1.29 is 24.2 Å². The summed E-state index contributed by atoms with van der Waals surface area (Å²) in [4.78, 5) is 40.5. The predicted molar refractivity (Wildman–Crippen MR) is 155 cm³/mol. The molecule has 7 heteroatoms. The summed E-state index contributed by atoms with van der Waals surface area (Å²) in [5.74, 6) is -0.768. The molecule has 0 bridgehead atoms. The molecule has 1 aromatic rings. The molecule has 0 aromatic heterocycles. The third kappa shape index (κ3) is 13.1. The van der Waals surface area contributed by atoms with Gasteiger partial charge in [-0.1, -0.05) is 74.6 Å². The van der Waals surface area contributed by atoms with Crippen LogP contribution in [-0.4, -0.2) is 53.6 Å². The minimum absolute atomic E-state index is 0.0178. The SMILES string of the molecule is C=CCCCCC(=O)OC[C@H](CC1CCCCC1)NC(=O)[C@H](CC=C)CC(=O)N(CCO)Cc1ccccc1. The fraction of sp³-hybridized carbons (Fsp3) is 0.594. The van der Waals surface area contributed by atoms with Crippen molar-refractivity contribution in [2.75, 3.05) is 19.8 Å². The Bertz CT molecular complexity index is 882. The van der Waals surface area contributed by atoms with Gasteiger partial charge in [0.15, 0.2) is 0 Å². The average Bonchev–Trinajstić information content (AvgIpc) is 2.94. The molecule has 0 spiro atoms. The van der Waals surface area contributed by atoms with E-state index < -0.39 is 5.92 Å². The molecule has 1 saturated carbocycles. The van der Waals surface area contributed by atoms with Crippen molar-refractivity contribution in [3.05, 3.63) is 61.2 Å². The van der Waals surface area contributed by atoms with Crippen LogP contribution in [0.5, 0.6) is 0 Å². The Balaban J connectivity index is 2.02. The lowest BCUT2D eigenvalue weighted by molar-refractivity contribution is -0.145. The number of aliphatic hydroxyl groups excluding tert-OH is 1. The number of esters is 1. The van der Waals surface area contributed by atoms with E-state index in [2.05, 4.69) is 18.5 Å². The second-order valence-electron chi connectivity index (χ2n) is 10.6. The normalized spacial score (nSPS) is 15.1. The van der Waals surface area contributed by atoms with Crippen molar-refractivity contribution in [3.63, 3.8) is 0 Å². The van der Waals surface area contributed by atoms with Gasteiger partial charge in [-0.05, 0) is 43.6 Å². The number of carbonyl (C=O) groups excluding carboxylic acids is 3. The highest BCUT2D eigenvalue weighted by Gasteiger charge is 2.28. The molecule has 0 aliphatic heterocycles. The van der Waals surface area contributed by atoms with Crippen molar-refractivity contribution in [1.82, 2.24) is 10.2 Å². The first-order chi connectivity index (χ1) is 19.0. The lowest BCUT2D eigenvalue weighted by Gasteiger charge is -2.29. The van der Waals surface area contributed by atoms with Gasteiger partial charge in [0.05, 0.1) is 18.6 Å². The number of ether oxygens (including phenoxy) is 1. The molecule has 2 amide bonds.